The lowest BCUT2D eigenvalue weighted by Gasteiger charge is -2.32. The van der Waals surface area contributed by atoms with Crippen molar-refractivity contribution in [2.24, 2.45) is 5.92 Å². The first-order valence-electron chi connectivity index (χ1n) is 10.1. The average molecular weight is 405 g/mol. The third-order valence-electron chi connectivity index (χ3n) is 5.92. The van der Waals surface area contributed by atoms with Gasteiger partial charge in [0.15, 0.2) is 0 Å². The Balaban J connectivity index is 1.37. The largest absolute Gasteiger partial charge is 0.510 e. The molecule has 148 valence electrons. The highest BCUT2D eigenvalue weighted by Crippen LogP contribution is 2.35. The Bertz CT molecular complexity index is 1060. The molecule has 3 aromatic rings. The number of hydrogen-bond acceptors (Lipinski definition) is 5. The molecule has 0 aliphatic carbocycles. The summed E-state index contributed by atoms with van der Waals surface area (Å²) in [7, 11) is 0. The molecule has 0 radical (unpaired) electrons. The van der Waals surface area contributed by atoms with Crippen LogP contribution in [0, 0.1) is 11.3 Å². The van der Waals surface area contributed by atoms with E-state index < -0.39 is 0 Å². The van der Waals surface area contributed by atoms with Gasteiger partial charge in [-0.3, -0.25) is 5.41 Å². The van der Waals surface area contributed by atoms with Crippen molar-refractivity contribution in [2.75, 3.05) is 29.4 Å². The van der Waals surface area contributed by atoms with E-state index in [2.05, 4.69) is 41.1 Å². The van der Waals surface area contributed by atoms with Gasteiger partial charge >= 0.3 is 0 Å². The van der Waals surface area contributed by atoms with E-state index in [4.69, 9.17) is 5.41 Å². The zero-order valence-electron chi connectivity index (χ0n) is 16.4. The molecule has 2 aliphatic rings. The van der Waals surface area contributed by atoms with E-state index in [1.54, 1.807) is 0 Å². The Morgan fingerprint density at radius 1 is 1.03 bits per heavy atom. The fraction of sp³-hybridized carbons (Fsp3) is 0.304. The van der Waals surface area contributed by atoms with Crippen molar-refractivity contribution in [3.05, 3.63) is 59.3 Å². The van der Waals surface area contributed by atoms with Crippen LogP contribution >= 0.6 is 11.3 Å². The number of aromatic nitrogens is 1. The fourth-order valence-electron chi connectivity index (χ4n) is 4.11. The first kappa shape index (κ1) is 18.2. The molecule has 0 saturated carbocycles. The summed E-state index contributed by atoms with van der Waals surface area (Å²) in [6.45, 7) is 4.83. The summed E-state index contributed by atoms with van der Waals surface area (Å²) in [6.07, 6.45) is 2.48. The molecule has 0 unspecified atom stereocenters. The van der Waals surface area contributed by atoms with Gasteiger partial charge in [0.25, 0.3) is 0 Å². The lowest BCUT2D eigenvalue weighted by Crippen LogP contribution is -2.32. The minimum absolute atomic E-state index is 0.211. The summed E-state index contributed by atoms with van der Waals surface area (Å²) in [5.41, 5.74) is 3.60. The van der Waals surface area contributed by atoms with Gasteiger partial charge in [0.1, 0.15) is 16.6 Å². The number of amidine groups is 1. The molecule has 6 heteroatoms. The van der Waals surface area contributed by atoms with Gasteiger partial charge in [0.05, 0.1) is 22.3 Å². The summed E-state index contributed by atoms with van der Waals surface area (Å²) < 4.78 is 1.06. The van der Waals surface area contributed by atoms with Gasteiger partial charge < -0.3 is 14.9 Å². The van der Waals surface area contributed by atoms with Gasteiger partial charge in [0, 0.05) is 24.5 Å². The smallest absolute Gasteiger partial charge is 0.139 e. The van der Waals surface area contributed by atoms with Crippen molar-refractivity contribution < 1.29 is 5.11 Å². The highest BCUT2D eigenvalue weighted by Gasteiger charge is 2.31. The number of aliphatic hydroxyl groups excluding tert-OH is 1. The van der Waals surface area contributed by atoms with E-state index in [1.165, 1.54) is 29.9 Å². The van der Waals surface area contributed by atoms with Crippen LogP contribution < -0.4 is 9.80 Å². The number of anilines is 2. The Morgan fingerprint density at radius 2 is 1.72 bits per heavy atom. The zero-order chi connectivity index (χ0) is 20.0. The number of hydrogen-bond donors (Lipinski definition) is 2. The third-order valence-corrected chi connectivity index (χ3v) is 6.97. The molecule has 2 aromatic carbocycles. The topological polar surface area (TPSA) is 63.5 Å². The zero-order valence-corrected chi connectivity index (χ0v) is 17.2. The summed E-state index contributed by atoms with van der Waals surface area (Å²) in [5, 5.41) is 20.0. The number of nitrogens with one attached hydrogen (secondary N) is 1. The van der Waals surface area contributed by atoms with Crippen LogP contribution in [0.25, 0.3) is 15.8 Å². The van der Waals surface area contributed by atoms with Crippen molar-refractivity contribution in [1.29, 1.82) is 5.41 Å². The minimum atomic E-state index is 0.211. The maximum Gasteiger partial charge on any atom is 0.139 e. The molecule has 3 heterocycles. The van der Waals surface area contributed by atoms with Crippen LogP contribution in [0.1, 0.15) is 24.8 Å². The summed E-state index contributed by atoms with van der Waals surface area (Å²) in [6, 6.07) is 16.3. The predicted molar refractivity (Wildman–Crippen MR) is 121 cm³/mol. The van der Waals surface area contributed by atoms with Crippen LogP contribution in [0.15, 0.2) is 54.3 Å². The highest BCUT2D eigenvalue weighted by molar-refractivity contribution is 7.19. The van der Waals surface area contributed by atoms with E-state index in [9.17, 15) is 5.11 Å². The van der Waals surface area contributed by atoms with Crippen LogP contribution in [-0.2, 0) is 0 Å². The number of piperidine rings is 1. The Labute approximate surface area is 174 Å². The molecule has 5 nitrogen and oxygen atoms in total. The van der Waals surface area contributed by atoms with E-state index >= 15 is 0 Å². The average Bonchev–Trinajstić information content (AvgIpc) is 3.28. The molecule has 0 bridgehead atoms. The number of para-hydroxylation sites is 1. The number of thiazole rings is 1. The maximum absolute atomic E-state index is 10.6. The van der Waals surface area contributed by atoms with E-state index in [-0.39, 0.29) is 5.76 Å². The molecule has 1 fully saturated rings. The number of benzene rings is 2. The molecule has 5 rings (SSSR count). The van der Waals surface area contributed by atoms with Crippen LogP contribution in [-0.4, -0.2) is 35.6 Å². The summed E-state index contributed by atoms with van der Waals surface area (Å²) in [4.78, 5) is 8.91. The standard InChI is InChI=1S/C23H24N4OS/c1-15-10-12-26(13-11-15)16-6-8-17(9-7-16)27-14-19(28)21(22(27)24)23-25-18-4-2-3-5-20(18)29-23/h2-9,15,24,28H,10-14H2,1H3. The van der Waals surface area contributed by atoms with Crippen molar-refractivity contribution in [1.82, 2.24) is 4.98 Å². The quantitative estimate of drug-likeness (QED) is 0.622. The van der Waals surface area contributed by atoms with Gasteiger partial charge in [-0.1, -0.05) is 19.1 Å². The molecule has 1 saturated heterocycles. The Hall–Kier alpha value is -2.86. The van der Waals surface area contributed by atoms with Crippen molar-refractivity contribution >= 4 is 44.3 Å². The number of nitrogens with zero attached hydrogens (tertiary/aromatic N) is 3. The first-order valence-corrected chi connectivity index (χ1v) is 10.9. The Morgan fingerprint density at radius 3 is 2.45 bits per heavy atom. The molecular formula is C23H24N4OS. The van der Waals surface area contributed by atoms with Crippen molar-refractivity contribution in [3.8, 4) is 0 Å². The maximum atomic E-state index is 10.6. The SMILES string of the molecule is CC1CCN(c2ccc(N3CC(O)=C(c4nc5ccccc5s4)C3=N)cc2)CC1. The monoisotopic (exact) mass is 404 g/mol. The van der Waals surface area contributed by atoms with E-state index in [0.29, 0.717) is 23.0 Å². The van der Waals surface area contributed by atoms with Gasteiger partial charge in [-0.15, -0.1) is 11.3 Å². The van der Waals surface area contributed by atoms with E-state index in [1.807, 2.05) is 29.2 Å². The van der Waals surface area contributed by atoms with E-state index in [0.717, 1.165) is 34.9 Å². The van der Waals surface area contributed by atoms with Crippen LogP contribution in [0.4, 0.5) is 11.4 Å². The lowest BCUT2D eigenvalue weighted by atomic mass is 9.99. The van der Waals surface area contributed by atoms with Crippen LogP contribution in [0.5, 0.6) is 0 Å². The molecule has 0 spiro atoms. The molecule has 0 atom stereocenters. The van der Waals surface area contributed by atoms with Crippen molar-refractivity contribution in [2.45, 2.75) is 19.8 Å². The predicted octanol–water partition coefficient (Wildman–Crippen LogP) is 5.30. The second-order valence-corrected chi connectivity index (χ2v) is 8.96. The molecule has 1 aromatic heterocycles. The lowest BCUT2D eigenvalue weighted by molar-refractivity contribution is 0.411. The number of rotatable bonds is 3. The normalized spacial score (nSPS) is 18.3. The van der Waals surface area contributed by atoms with Gasteiger partial charge in [-0.25, -0.2) is 4.98 Å². The van der Waals surface area contributed by atoms with Crippen LogP contribution in [0.2, 0.25) is 0 Å². The Kier molecular flexibility index (Phi) is 4.51. The highest BCUT2D eigenvalue weighted by atomic mass is 32.1. The molecule has 0 amide bonds. The molecular weight excluding hydrogens is 380 g/mol. The molecule has 2 N–H and O–H groups in total. The van der Waals surface area contributed by atoms with Crippen LogP contribution in [0.3, 0.4) is 0 Å². The summed E-state index contributed by atoms with van der Waals surface area (Å²) >= 11 is 1.52. The fourth-order valence-corrected chi connectivity index (χ4v) is 5.15. The molecule has 29 heavy (non-hydrogen) atoms. The summed E-state index contributed by atoms with van der Waals surface area (Å²) in [5.74, 6) is 1.33. The third kappa shape index (κ3) is 3.27. The van der Waals surface area contributed by atoms with Gasteiger partial charge in [-0.05, 0) is 55.2 Å². The number of aliphatic hydroxyl groups is 1. The molecule has 2 aliphatic heterocycles. The van der Waals surface area contributed by atoms with Gasteiger partial charge in [0.2, 0.25) is 0 Å². The van der Waals surface area contributed by atoms with Gasteiger partial charge in [-0.2, -0.15) is 0 Å². The number of fused-ring (bicyclic) bond motifs is 1. The first-order chi connectivity index (χ1) is 14.1. The second-order valence-electron chi connectivity index (χ2n) is 7.93. The second kappa shape index (κ2) is 7.19. The minimum Gasteiger partial charge on any atom is -0.510 e. The van der Waals surface area contributed by atoms with Crippen molar-refractivity contribution in [3.63, 3.8) is 0 Å².